The first kappa shape index (κ1) is 33.0. The molecule has 0 aromatic heterocycles. The van der Waals surface area contributed by atoms with Crippen LogP contribution in [-0.2, 0) is 28.7 Å². The molecule has 9 nitrogen and oxygen atoms in total. The number of carbonyl (C=O) groups excluding carboxylic acids is 5. The number of nitrogens with one attached hydrogen (secondary N) is 2. The Morgan fingerprint density at radius 1 is 1.00 bits per heavy atom. The molecule has 0 spiro atoms. The lowest BCUT2D eigenvalue weighted by Crippen LogP contribution is -2.56. The molecule has 11 heteroatoms. The second-order valence-electron chi connectivity index (χ2n) is 13.4. The number of nitrogens with zero attached hydrogens (tertiary/aromatic N) is 1. The van der Waals surface area contributed by atoms with Crippen molar-refractivity contribution < 1.29 is 28.7 Å². The fourth-order valence-electron chi connectivity index (χ4n) is 8.29. The van der Waals surface area contributed by atoms with Crippen LogP contribution < -0.4 is 10.6 Å². The van der Waals surface area contributed by atoms with Crippen LogP contribution in [-0.4, -0.2) is 70.0 Å². The van der Waals surface area contributed by atoms with Gasteiger partial charge in [-0.2, -0.15) is 0 Å². The minimum atomic E-state index is -1.18. The van der Waals surface area contributed by atoms with Crippen LogP contribution in [0.4, 0.5) is 0 Å². The number of piperidine rings is 1. The molecule has 4 aliphatic carbocycles. The lowest BCUT2D eigenvalue weighted by atomic mass is 9.77. The molecule has 5 aliphatic rings. The maximum absolute atomic E-state index is 14.4. The van der Waals surface area contributed by atoms with Crippen molar-refractivity contribution >= 4 is 52.7 Å². The van der Waals surface area contributed by atoms with E-state index in [0.29, 0.717) is 18.3 Å². The minimum Gasteiger partial charge on any atom is -0.462 e. The van der Waals surface area contributed by atoms with Crippen LogP contribution in [0.25, 0.3) is 0 Å². The maximum atomic E-state index is 14.4. The number of Topliss-reactive ketones (excluding diaryl/α,β-unsaturated/α-hetero) is 1. The molecule has 3 amide bonds. The third kappa shape index (κ3) is 6.88. The number of esters is 1. The molecular formula is C33H45Cl2N3O6. The summed E-state index contributed by atoms with van der Waals surface area (Å²) in [6.45, 7) is 7.51. The highest BCUT2D eigenvalue weighted by molar-refractivity contribution is 6.51. The topological polar surface area (TPSA) is 122 Å². The zero-order valence-corrected chi connectivity index (χ0v) is 26.8. The normalized spacial score (nSPS) is 31.4. The van der Waals surface area contributed by atoms with Gasteiger partial charge in [0.1, 0.15) is 16.5 Å². The van der Waals surface area contributed by atoms with E-state index in [1.54, 1.807) is 6.08 Å². The van der Waals surface area contributed by atoms with Crippen molar-refractivity contribution in [3.63, 3.8) is 0 Å². The van der Waals surface area contributed by atoms with Gasteiger partial charge in [0.25, 0.3) is 5.91 Å². The number of hydrogen-bond acceptors (Lipinski definition) is 6. The monoisotopic (exact) mass is 649 g/mol. The average Bonchev–Trinajstić information content (AvgIpc) is 3.53. The summed E-state index contributed by atoms with van der Waals surface area (Å²) < 4.78 is 4.78. The van der Waals surface area contributed by atoms with E-state index in [2.05, 4.69) is 23.8 Å². The third-order valence-electron chi connectivity index (χ3n) is 10.7. The van der Waals surface area contributed by atoms with Crippen molar-refractivity contribution in [3.8, 4) is 0 Å². The van der Waals surface area contributed by atoms with E-state index in [4.69, 9.17) is 27.9 Å². The van der Waals surface area contributed by atoms with E-state index >= 15 is 0 Å². The SMILES string of the molecule is C=CCCC(NC(=O)C1C2C(CN1C(=O)C(CC(=O)OC1CC3CCC1C3)C1CCCCC1)C2(Cl)Cl)C(=O)C(=O)NCC=C. The summed E-state index contributed by atoms with van der Waals surface area (Å²) >= 11 is 13.1. The zero-order valence-electron chi connectivity index (χ0n) is 25.3. The Hall–Kier alpha value is -2.39. The van der Waals surface area contributed by atoms with Gasteiger partial charge in [-0.15, -0.1) is 36.4 Å². The summed E-state index contributed by atoms with van der Waals surface area (Å²) in [5.41, 5.74) is 0. The van der Waals surface area contributed by atoms with E-state index < -0.39 is 45.9 Å². The number of amides is 3. The van der Waals surface area contributed by atoms with E-state index in [9.17, 15) is 24.0 Å². The molecule has 4 saturated carbocycles. The fraction of sp³-hybridized carbons (Fsp3) is 0.727. The van der Waals surface area contributed by atoms with E-state index in [1.165, 1.54) is 17.4 Å². The zero-order chi connectivity index (χ0) is 31.6. The molecule has 1 saturated heterocycles. The largest absolute Gasteiger partial charge is 0.462 e. The van der Waals surface area contributed by atoms with Gasteiger partial charge in [-0.1, -0.05) is 31.4 Å². The van der Waals surface area contributed by atoms with Gasteiger partial charge in [-0.3, -0.25) is 24.0 Å². The highest BCUT2D eigenvalue weighted by Gasteiger charge is 2.74. The van der Waals surface area contributed by atoms with Gasteiger partial charge >= 0.3 is 5.97 Å². The molecule has 44 heavy (non-hydrogen) atoms. The van der Waals surface area contributed by atoms with Gasteiger partial charge in [0.05, 0.1) is 18.4 Å². The second kappa shape index (κ2) is 13.9. The van der Waals surface area contributed by atoms with Crippen LogP contribution in [0.2, 0.25) is 0 Å². The summed E-state index contributed by atoms with van der Waals surface area (Å²) in [6.07, 6.45) is 12.5. The van der Waals surface area contributed by atoms with Gasteiger partial charge in [-0.25, -0.2) is 0 Å². The maximum Gasteiger partial charge on any atom is 0.306 e. The Morgan fingerprint density at radius 3 is 2.39 bits per heavy atom. The van der Waals surface area contributed by atoms with Crippen LogP contribution in [0.15, 0.2) is 25.3 Å². The number of fused-ring (bicyclic) bond motifs is 3. The van der Waals surface area contributed by atoms with Gasteiger partial charge < -0.3 is 20.3 Å². The molecule has 0 aromatic carbocycles. The molecule has 1 aliphatic heterocycles. The number of ketones is 1. The molecule has 2 N–H and O–H groups in total. The van der Waals surface area contributed by atoms with Crippen molar-refractivity contribution in [1.29, 1.82) is 0 Å². The van der Waals surface area contributed by atoms with E-state index in [1.807, 2.05) is 0 Å². The highest BCUT2D eigenvalue weighted by Crippen LogP contribution is 2.65. The first-order chi connectivity index (χ1) is 21.1. The van der Waals surface area contributed by atoms with Crippen molar-refractivity contribution in [2.24, 2.45) is 35.5 Å². The second-order valence-corrected chi connectivity index (χ2v) is 14.9. The molecule has 2 bridgehead atoms. The standard InChI is InChI=1S/C33H45Cl2N3O6/c1-3-5-11-24(29(40)31(42)36-14-4-2)37-30(41)28-27-23(33(27,34)35)18-38(28)32(43)22(20-9-7-6-8-10-20)17-26(39)44-25-16-19-12-13-21(25)15-19/h3-4,19-25,27-28H,1-2,5-18H2,(H,36,42)(H,37,41). The van der Waals surface area contributed by atoms with Crippen LogP contribution >= 0.6 is 23.2 Å². The smallest absolute Gasteiger partial charge is 0.306 e. The summed E-state index contributed by atoms with van der Waals surface area (Å²) in [5.74, 6) is -3.21. The van der Waals surface area contributed by atoms with Gasteiger partial charge in [0, 0.05) is 24.9 Å². The molecule has 8 unspecified atom stereocenters. The number of alkyl halides is 2. The molecule has 242 valence electrons. The molecule has 0 radical (unpaired) electrons. The number of rotatable bonds is 14. The van der Waals surface area contributed by atoms with Gasteiger partial charge in [-0.05, 0) is 69.1 Å². The number of likely N-dealkylation sites (tertiary alicyclic amines) is 1. The van der Waals surface area contributed by atoms with Crippen molar-refractivity contribution in [1.82, 2.24) is 15.5 Å². The van der Waals surface area contributed by atoms with Crippen molar-refractivity contribution in [3.05, 3.63) is 25.3 Å². The fourth-order valence-corrected chi connectivity index (χ4v) is 9.11. The Morgan fingerprint density at radius 2 is 1.75 bits per heavy atom. The van der Waals surface area contributed by atoms with Crippen LogP contribution in [0.3, 0.4) is 0 Å². The Bertz CT molecular complexity index is 1170. The average molecular weight is 651 g/mol. The van der Waals surface area contributed by atoms with Crippen LogP contribution in [0.1, 0.15) is 77.0 Å². The number of halogens is 2. The van der Waals surface area contributed by atoms with Crippen molar-refractivity contribution in [2.75, 3.05) is 13.1 Å². The molecule has 0 aromatic rings. The quantitative estimate of drug-likeness (QED) is 0.126. The number of ether oxygens (including phenoxy) is 1. The Kier molecular flexibility index (Phi) is 10.4. The number of allylic oxidation sites excluding steroid dienone is 1. The van der Waals surface area contributed by atoms with Crippen molar-refractivity contribution in [2.45, 2.75) is 99.6 Å². The summed E-state index contributed by atoms with van der Waals surface area (Å²) in [6, 6.07) is -2.14. The van der Waals surface area contributed by atoms with Gasteiger partial charge in [0.2, 0.25) is 17.6 Å². The number of hydrogen-bond donors (Lipinski definition) is 2. The molecular weight excluding hydrogens is 605 g/mol. The Labute approximate surface area is 269 Å². The van der Waals surface area contributed by atoms with E-state index in [0.717, 1.165) is 51.4 Å². The predicted octanol–water partition coefficient (Wildman–Crippen LogP) is 4.26. The highest BCUT2D eigenvalue weighted by atomic mass is 35.5. The summed E-state index contributed by atoms with van der Waals surface area (Å²) in [5, 5.41) is 5.19. The molecule has 5 fully saturated rings. The molecule has 5 rings (SSSR count). The lowest BCUT2D eigenvalue weighted by Gasteiger charge is -2.36. The first-order valence-electron chi connectivity index (χ1n) is 16.3. The van der Waals surface area contributed by atoms with E-state index in [-0.39, 0.29) is 55.7 Å². The third-order valence-corrected chi connectivity index (χ3v) is 11.8. The van der Waals surface area contributed by atoms with Crippen LogP contribution in [0.5, 0.6) is 0 Å². The van der Waals surface area contributed by atoms with Gasteiger partial charge in [0.15, 0.2) is 0 Å². The molecule has 8 atom stereocenters. The lowest BCUT2D eigenvalue weighted by molar-refractivity contribution is -0.157. The minimum absolute atomic E-state index is 0.0108. The first-order valence-corrected chi connectivity index (χ1v) is 17.0. The summed E-state index contributed by atoms with van der Waals surface area (Å²) in [4.78, 5) is 68.5. The Balaban J connectivity index is 1.32. The predicted molar refractivity (Wildman–Crippen MR) is 167 cm³/mol. The number of carbonyl (C=O) groups is 5. The van der Waals surface area contributed by atoms with Crippen LogP contribution in [0, 0.1) is 35.5 Å². The summed E-state index contributed by atoms with van der Waals surface area (Å²) in [7, 11) is 0. The molecule has 1 heterocycles.